The standard InChI is InChI=1S/C24H36N4O3/c1-23(2,3)31-22(30)28-6-5-19-18(14-28)21(27(4)26-19)25-20(29)13-24-10-15-7-16(11-24)9-17(8-15)12-24/h15-17H,5-14H2,1-4H3,(H,25,29). The number of aromatic nitrogens is 2. The number of anilines is 1. The van der Waals surface area contributed by atoms with Crippen LogP contribution in [0.3, 0.4) is 0 Å². The SMILES string of the molecule is Cn1nc2c(c1NC(=O)CC13CC4CC(CC(C4)C1)C3)CN(C(=O)OC(C)(C)C)CC2. The number of aryl methyl sites for hydroxylation is 1. The lowest BCUT2D eigenvalue weighted by Crippen LogP contribution is -2.47. The molecule has 1 aromatic heterocycles. The molecule has 1 aliphatic heterocycles. The third kappa shape index (κ3) is 4.08. The molecule has 4 bridgehead atoms. The summed E-state index contributed by atoms with van der Waals surface area (Å²) in [5, 5.41) is 7.81. The molecule has 2 heterocycles. The summed E-state index contributed by atoms with van der Waals surface area (Å²) in [6, 6.07) is 0. The van der Waals surface area contributed by atoms with Crippen molar-refractivity contribution in [3.05, 3.63) is 11.3 Å². The summed E-state index contributed by atoms with van der Waals surface area (Å²) < 4.78 is 7.32. The Hall–Kier alpha value is -2.05. The minimum atomic E-state index is -0.527. The topological polar surface area (TPSA) is 76.5 Å². The van der Waals surface area contributed by atoms with Gasteiger partial charge < -0.3 is 15.0 Å². The maximum atomic E-state index is 13.2. The van der Waals surface area contributed by atoms with Gasteiger partial charge in [0, 0.05) is 32.0 Å². The van der Waals surface area contributed by atoms with Crippen molar-refractivity contribution in [1.29, 1.82) is 0 Å². The van der Waals surface area contributed by atoms with Crippen molar-refractivity contribution in [2.45, 2.75) is 84.3 Å². The van der Waals surface area contributed by atoms with Crippen molar-refractivity contribution in [2.24, 2.45) is 30.2 Å². The molecular weight excluding hydrogens is 392 g/mol. The number of hydrogen-bond donors (Lipinski definition) is 1. The van der Waals surface area contributed by atoms with E-state index in [9.17, 15) is 9.59 Å². The molecular formula is C24H36N4O3. The van der Waals surface area contributed by atoms with Crippen LogP contribution >= 0.6 is 0 Å². The van der Waals surface area contributed by atoms with Crippen LogP contribution in [0.25, 0.3) is 0 Å². The number of nitrogens with zero attached hydrogens (tertiary/aromatic N) is 3. The molecule has 1 N–H and O–H groups in total. The van der Waals surface area contributed by atoms with Crippen LogP contribution in [0, 0.1) is 23.2 Å². The molecule has 31 heavy (non-hydrogen) atoms. The van der Waals surface area contributed by atoms with Crippen molar-refractivity contribution in [2.75, 3.05) is 11.9 Å². The second kappa shape index (κ2) is 7.24. The fourth-order valence-corrected chi connectivity index (χ4v) is 7.16. The lowest BCUT2D eigenvalue weighted by atomic mass is 9.49. The zero-order valence-corrected chi connectivity index (χ0v) is 19.4. The van der Waals surface area contributed by atoms with Gasteiger partial charge in [-0.15, -0.1) is 0 Å². The Labute approximate surface area is 184 Å². The molecule has 5 aliphatic rings. The van der Waals surface area contributed by atoms with Crippen molar-refractivity contribution >= 4 is 17.8 Å². The number of rotatable bonds is 3. The molecule has 7 heteroatoms. The van der Waals surface area contributed by atoms with E-state index in [2.05, 4.69) is 10.4 Å². The highest BCUT2D eigenvalue weighted by atomic mass is 16.6. The normalized spacial score (nSPS) is 31.5. The van der Waals surface area contributed by atoms with Gasteiger partial charge in [0.1, 0.15) is 11.4 Å². The molecule has 4 saturated carbocycles. The minimum Gasteiger partial charge on any atom is -0.444 e. The number of carbonyl (C=O) groups excluding carboxylic acids is 2. The van der Waals surface area contributed by atoms with Gasteiger partial charge in [-0.1, -0.05) is 0 Å². The highest BCUT2D eigenvalue weighted by Crippen LogP contribution is 2.61. The first kappa shape index (κ1) is 20.8. The van der Waals surface area contributed by atoms with Crippen LogP contribution in [0.15, 0.2) is 0 Å². The summed E-state index contributed by atoms with van der Waals surface area (Å²) in [7, 11) is 1.87. The van der Waals surface area contributed by atoms with Crippen molar-refractivity contribution in [1.82, 2.24) is 14.7 Å². The Morgan fingerprint density at radius 3 is 2.32 bits per heavy atom. The maximum absolute atomic E-state index is 13.2. The van der Waals surface area contributed by atoms with E-state index in [-0.39, 0.29) is 17.4 Å². The first-order valence-electron chi connectivity index (χ1n) is 11.9. The van der Waals surface area contributed by atoms with Crippen molar-refractivity contribution < 1.29 is 14.3 Å². The van der Waals surface area contributed by atoms with E-state index in [0.29, 0.717) is 25.9 Å². The molecule has 4 fully saturated rings. The number of nitrogens with one attached hydrogen (secondary N) is 1. The summed E-state index contributed by atoms with van der Waals surface area (Å²) in [6.07, 6.45) is 8.81. The second-order valence-corrected chi connectivity index (χ2v) is 11.7. The molecule has 170 valence electrons. The maximum Gasteiger partial charge on any atom is 0.410 e. The first-order valence-corrected chi connectivity index (χ1v) is 11.9. The molecule has 0 unspecified atom stereocenters. The Balaban J connectivity index is 1.28. The number of hydrogen-bond acceptors (Lipinski definition) is 4. The Morgan fingerprint density at radius 2 is 1.74 bits per heavy atom. The molecule has 0 radical (unpaired) electrons. The summed E-state index contributed by atoms with van der Waals surface area (Å²) in [5.41, 5.74) is 1.59. The second-order valence-electron chi connectivity index (χ2n) is 11.7. The van der Waals surface area contributed by atoms with Crippen LogP contribution in [-0.4, -0.2) is 38.8 Å². The first-order chi connectivity index (χ1) is 14.6. The Bertz CT molecular complexity index is 862. The lowest BCUT2D eigenvalue weighted by molar-refractivity contribution is -0.124. The molecule has 0 atom stereocenters. The predicted octanol–water partition coefficient (Wildman–Crippen LogP) is 4.26. The average Bonchev–Trinajstić information content (AvgIpc) is 2.93. The fourth-order valence-electron chi connectivity index (χ4n) is 7.16. The van der Waals surface area contributed by atoms with Crippen LogP contribution in [0.2, 0.25) is 0 Å². The summed E-state index contributed by atoms with van der Waals surface area (Å²) in [6.45, 7) is 6.63. The molecule has 4 aliphatic carbocycles. The lowest BCUT2D eigenvalue weighted by Gasteiger charge is -2.56. The van der Waals surface area contributed by atoms with E-state index >= 15 is 0 Å². The summed E-state index contributed by atoms with van der Waals surface area (Å²) in [4.78, 5) is 27.5. The van der Waals surface area contributed by atoms with Crippen LogP contribution in [0.1, 0.15) is 77.0 Å². The minimum absolute atomic E-state index is 0.0992. The largest absolute Gasteiger partial charge is 0.444 e. The van der Waals surface area contributed by atoms with E-state index in [1.807, 2.05) is 27.8 Å². The zero-order valence-electron chi connectivity index (χ0n) is 19.4. The van der Waals surface area contributed by atoms with Gasteiger partial charge in [-0.3, -0.25) is 9.48 Å². The third-order valence-electron chi connectivity index (χ3n) is 7.81. The van der Waals surface area contributed by atoms with Crippen LogP contribution in [0.4, 0.5) is 10.6 Å². The molecule has 1 aromatic rings. The monoisotopic (exact) mass is 428 g/mol. The van der Waals surface area contributed by atoms with Gasteiger partial charge in [0.15, 0.2) is 0 Å². The molecule has 0 saturated heterocycles. The van der Waals surface area contributed by atoms with Crippen LogP contribution in [0.5, 0.6) is 0 Å². The predicted molar refractivity (Wildman–Crippen MR) is 117 cm³/mol. The van der Waals surface area contributed by atoms with Gasteiger partial charge >= 0.3 is 6.09 Å². The third-order valence-corrected chi connectivity index (χ3v) is 7.81. The molecule has 0 spiro atoms. The zero-order chi connectivity index (χ0) is 22.0. The van der Waals surface area contributed by atoms with E-state index < -0.39 is 5.60 Å². The quantitative estimate of drug-likeness (QED) is 0.780. The molecule has 2 amide bonds. The van der Waals surface area contributed by atoms with E-state index in [0.717, 1.165) is 34.8 Å². The van der Waals surface area contributed by atoms with E-state index in [4.69, 9.17) is 4.74 Å². The van der Waals surface area contributed by atoms with Gasteiger partial charge in [0.25, 0.3) is 0 Å². The van der Waals surface area contributed by atoms with E-state index in [1.54, 1.807) is 9.58 Å². The van der Waals surface area contributed by atoms with E-state index in [1.165, 1.54) is 38.5 Å². The fraction of sp³-hybridized carbons (Fsp3) is 0.792. The smallest absolute Gasteiger partial charge is 0.410 e. The van der Waals surface area contributed by atoms with Gasteiger partial charge in [-0.05, 0) is 82.5 Å². The number of amides is 2. The highest BCUT2D eigenvalue weighted by Gasteiger charge is 2.51. The Kier molecular flexibility index (Phi) is 4.87. The number of ether oxygens (including phenoxy) is 1. The highest BCUT2D eigenvalue weighted by molar-refractivity contribution is 5.91. The molecule has 6 rings (SSSR count). The van der Waals surface area contributed by atoms with Gasteiger partial charge in [0.2, 0.25) is 5.91 Å². The van der Waals surface area contributed by atoms with Gasteiger partial charge in [-0.2, -0.15) is 5.10 Å². The van der Waals surface area contributed by atoms with Crippen molar-refractivity contribution in [3.8, 4) is 0 Å². The summed E-state index contributed by atoms with van der Waals surface area (Å²) in [5.74, 6) is 3.35. The Morgan fingerprint density at radius 1 is 1.13 bits per heavy atom. The number of fused-ring (bicyclic) bond motifs is 1. The van der Waals surface area contributed by atoms with Crippen molar-refractivity contribution in [3.63, 3.8) is 0 Å². The summed E-state index contributed by atoms with van der Waals surface area (Å²) >= 11 is 0. The van der Waals surface area contributed by atoms with Gasteiger partial charge in [0.05, 0.1) is 12.2 Å². The average molecular weight is 429 g/mol. The molecule has 0 aromatic carbocycles. The van der Waals surface area contributed by atoms with Crippen LogP contribution in [-0.2, 0) is 29.5 Å². The van der Waals surface area contributed by atoms with Gasteiger partial charge in [-0.25, -0.2) is 4.79 Å². The molecule has 7 nitrogen and oxygen atoms in total. The number of carbonyl (C=O) groups is 2. The van der Waals surface area contributed by atoms with Crippen LogP contribution < -0.4 is 5.32 Å².